The van der Waals surface area contributed by atoms with E-state index < -0.39 is 11.9 Å². The van der Waals surface area contributed by atoms with Crippen LogP contribution in [0.3, 0.4) is 0 Å². The minimum atomic E-state index is -1.10. The van der Waals surface area contributed by atoms with Crippen molar-refractivity contribution in [1.29, 1.82) is 0 Å². The maximum absolute atomic E-state index is 10.8. The van der Waals surface area contributed by atoms with Crippen LogP contribution in [-0.4, -0.2) is 24.4 Å². The molecule has 0 aliphatic carbocycles. The lowest BCUT2D eigenvalue weighted by molar-refractivity contribution is -0.306. The van der Waals surface area contributed by atoms with Gasteiger partial charge in [0.2, 0.25) is 5.91 Å². The van der Waals surface area contributed by atoms with Crippen LogP contribution in [0, 0.1) is 0 Å². The molecule has 0 unspecified atom stereocenters. The quantitative estimate of drug-likeness (QED) is 0.412. The number of nitrogens with one attached hydrogen (secondary N) is 1. The molecular formula is C10H23N3O5. The molecule has 8 nitrogen and oxygen atoms in total. The molecule has 0 aromatic heterocycles. The summed E-state index contributed by atoms with van der Waals surface area (Å²) >= 11 is 0. The Labute approximate surface area is 106 Å². The third-order valence-electron chi connectivity index (χ3n) is 1.23. The summed E-state index contributed by atoms with van der Waals surface area (Å²) in [6.45, 7) is 6.34. The van der Waals surface area contributed by atoms with Crippen molar-refractivity contribution >= 4 is 17.8 Å². The topological polar surface area (TPSA) is 182 Å². The van der Waals surface area contributed by atoms with Gasteiger partial charge in [-0.15, -0.1) is 0 Å². The number of amides is 1. The van der Waals surface area contributed by atoms with Crippen LogP contribution in [0.5, 0.6) is 0 Å². The van der Waals surface area contributed by atoms with Gasteiger partial charge in [-0.25, -0.2) is 0 Å². The monoisotopic (exact) mass is 265 g/mol. The third-order valence-corrected chi connectivity index (χ3v) is 1.23. The molecule has 0 saturated carbocycles. The van der Waals surface area contributed by atoms with Crippen LogP contribution in [0.4, 0.5) is 0 Å². The Kier molecular flexibility index (Phi) is 21.0. The van der Waals surface area contributed by atoms with Gasteiger partial charge in [0.25, 0.3) is 0 Å². The Hall–Kier alpha value is -1.93. The largest absolute Gasteiger partial charge is 0.550 e. The Morgan fingerprint density at radius 3 is 1.78 bits per heavy atom. The lowest BCUT2D eigenvalue weighted by Gasteiger charge is -2.04. The molecule has 108 valence electrons. The van der Waals surface area contributed by atoms with E-state index in [1.165, 1.54) is 0 Å². The molecule has 0 saturated heterocycles. The summed E-state index contributed by atoms with van der Waals surface area (Å²) in [7, 11) is 0. The number of aliphatic carboxylic acids is 2. The van der Waals surface area contributed by atoms with Gasteiger partial charge < -0.3 is 37.4 Å². The van der Waals surface area contributed by atoms with Gasteiger partial charge in [0.1, 0.15) is 0 Å². The van der Waals surface area contributed by atoms with Crippen molar-refractivity contribution in [2.24, 2.45) is 0 Å². The van der Waals surface area contributed by atoms with Crippen molar-refractivity contribution in [1.82, 2.24) is 17.6 Å². The lowest BCUT2D eigenvalue weighted by atomic mass is 10.3. The number of hydrogen-bond acceptors (Lipinski definition) is 5. The Morgan fingerprint density at radius 2 is 1.50 bits per heavy atom. The van der Waals surface area contributed by atoms with Gasteiger partial charge in [-0.05, 0) is 26.7 Å². The predicted molar refractivity (Wildman–Crippen MR) is 64.7 cm³/mol. The van der Waals surface area contributed by atoms with Crippen molar-refractivity contribution in [2.75, 3.05) is 6.54 Å². The first-order valence-corrected chi connectivity index (χ1v) is 4.58. The van der Waals surface area contributed by atoms with Crippen LogP contribution in [0.25, 0.3) is 0 Å². The molecule has 0 spiro atoms. The molecule has 0 bridgehead atoms. The van der Waals surface area contributed by atoms with E-state index >= 15 is 0 Å². The van der Waals surface area contributed by atoms with Crippen LogP contribution in [0.15, 0.2) is 12.2 Å². The Morgan fingerprint density at radius 1 is 1.11 bits per heavy atom. The van der Waals surface area contributed by atoms with E-state index in [0.717, 1.165) is 6.92 Å². The van der Waals surface area contributed by atoms with Gasteiger partial charge >= 0.3 is 0 Å². The number of hydrogen-bond donors (Lipinski definition) is 3. The first-order chi connectivity index (χ1) is 7.27. The molecule has 18 heavy (non-hydrogen) atoms. The zero-order chi connectivity index (χ0) is 13.1. The van der Waals surface area contributed by atoms with E-state index in [4.69, 9.17) is 9.90 Å². The van der Waals surface area contributed by atoms with E-state index in [9.17, 15) is 14.7 Å². The zero-order valence-electron chi connectivity index (χ0n) is 11.4. The highest BCUT2D eigenvalue weighted by molar-refractivity contribution is 5.92. The average molecular weight is 265 g/mol. The molecule has 0 heterocycles. The van der Waals surface area contributed by atoms with Gasteiger partial charge in [0, 0.05) is 24.1 Å². The molecule has 1 amide bonds. The van der Waals surface area contributed by atoms with E-state index in [2.05, 4.69) is 11.9 Å². The number of carboxylic acid groups (broad SMARTS) is 2. The maximum Gasteiger partial charge on any atom is 0.246 e. The molecule has 8 heteroatoms. The second kappa shape index (κ2) is 15.1. The predicted octanol–water partition coefficient (Wildman–Crippen LogP) is -1.28. The molecule has 0 fully saturated rings. The van der Waals surface area contributed by atoms with Crippen LogP contribution in [0.2, 0.25) is 0 Å². The smallest absolute Gasteiger partial charge is 0.246 e. The summed E-state index contributed by atoms with van der Waals surface area (Å²) in [5.74, 6) is -2.42. The maximum atomic E-state index is 10.8. The van der Waals surface area contributed by atoms with E-state index in [1.807, 2.05) is 0 Å². The second-order valence-corrected chi connectivity index (χ2v) is 3.00. The number of carboxylic acids is 2. The first-order valence-electron chi connectivity index (χ1n) is 4.58. The van der Waals surface area contributed by atoms with Crippen molar-refractivity contribution in [3.63, 3.8) is 0 Å². The van der Waals surface area contributed by atoms with Crippen LogP contribution in [-0.2, 0) is 14.4 Å². The summed E-state index contributed by atoms with van der Waals surface area (Å²) < 4.78 is 0. The molecule has 0 aliphatic rings. The minimum absolute atomic E-state index is 0. The molecule has 0 rings (SSSR count). The first kappa shape index (κ1) is 25.1. The average Bonchev–Trinajstić information content (AvgIpc) is 2.10. The van der Waals surface area contributed by atoms with E-state index in [-0.39, 0.29) is 24.6 Å². The van der Waals surface area contributed by atoms with Gasteiger partial charge in [-0.2, -0.15) is 0 Å². The summed E-state index contributed by atoms with van der Waals surface area (Å²) in [6.07, 6.45) is 0.359. The zero-order valence-corrected chi connectivity index (χ0v) is 11.4. The van der Waals surface area contributed by atoms with Gasteiger partial charge in [0.05, 0.1) is 0 Å². The SMILES string of the molecule is C=C(C)C(=O)NCCCC(=O)[O-].CC(=O)[O-].[NH4+].[NH4+]. The fraction of sp³-hybridized carbons (Fsp3) is 0.500. The van der Waals surface area contributed by atoms with Gasteiger partial charge in [-0.1, -0.05) is 6.58 Å². The summed E-state index contributed by atoms with van der Waals surface area (Å²) in [4.78, 5) is 29.6. The highest BCUT2D eigenvalue weighted by Crippen LogP contribution is 1.88. The Bertz CT molecular complexity index is 275. The van der Waals surface area contributed by atoms with Crippen molar-refractivity contribution < 1.29 is 24.6 Å². The van der Waals surface area contributed by atoms with Crippen LogP contribution < -0.4 is 27.8 Å². The van der Waals surface area contributed by atoms with Crippen LogP contribution in [0.1, 0.15) is 26.7 Å². The van der Waals surface area contributed by atoms with Gasteiger partial charge in [0.15, 0.2) is 0 Å². The van der Waals surface area contributed by atoms with Gasteiger partial charge in [-0.3, -0.25) is 4.79 Å². The second-order valence-electron chi connectivity index (χ2n) is 3.00. The molecule has 0 aromatic carbocycles. The molecular weight excluding hydrogens is 242 g/mol. The normalized spacial score (nSPS) is 7.44. The number of carbonyl (C=O) groups excluding carboxylic acids is 3. The van der Waals surface area contributed by atoms with Crippen LogP contribution >= 0.6 is 0 Å². The van der Waals surface area contributed by atoms with Crippen molar-refractivity contribution in [2.45, 2.75) is 26.7 Å². The molecule has 0 atom stereocenters. The molecule has 0 aliphatic heterocycles. The summed E-state index contributed by atoms with van der Waals surface area (Å²) in [5.41, 5.74) is 0.420. The molecule has 0 radical (unpaired) electrons. The number of quaternary nitrogens is 2. The molecule has 0 aromatic rings. The minimum Gasteiger partial charge on any atom is -0.550 e. The fourth-order valence-electron chi connectivity index (χ4n) is 0.586. The van der Waals surface area contributed by atoms with E-state index in [1.54, 1.807) is 6.92 Å². The lowest BCUT2D eigenvalue weighted by Crippen LogP contribution is -2.27. The standard InChI is InChI=1S/C8H13NO3.C2H4O2.2H3N/c1-6(2)8(12)9-5-3-4-7(10)11;1-2(3)4;;/h1,3-5H2,2H3,(H,9,12)(H,10,11);1H3,(H,3,4);2*1H3. The summed E-state index contributed by atoms with van der Waals surface area (Å²) in [6, 6.07) is 0. The van der Waals surface area contributed by atoms with E-state index in [0.29, 0.717) is 18.5 Å². The summed E-state index contributed by atoms with van der Waals surface area (Å²) in [5, 5.41) is 21.3. The molecule has 9 N–H and O–H groups in total. The number of carbonyl (C=O) groups is 3. The van der Waals surface area contributed by atoms with Crippen molar-refractivity contribution in [3.05, 3.63) is 12.2 Å². The fourth-order valence-corrected chi connectivity index (χ4v) is 0.586. The number of rotatable bonds is 5. The Balaban J connectivity index is -0.000000143. The highest BCUT2D eigenvalue weighted by atomic mass is 16.4. The van der Waals surface area contributed by atoms with Crippen molar-refractivity contribution in [3.8, 4) is 0 Å². The third kappa shape index (κ3) is 29.2. The highest BCUT2D eigenvalue weighted by Gasteiger charge is 1.98.